The van der Waals surface area contributed by atoms with Crippen LogP contribution in [0, 0.1) is 12.8 Å². The molecule has 0 nitrogen and oxygen atoms in total. The lowest BCUT2D eigenvalue weighted by Crippen LogP contribution is -2.00. The number of hydrogen-bond donors (Lipinski definition) is 0. The summed E-state index contributed by atoms with van der Waals surface area (Å²) in [5, 5.41) is 0. The van der Waals surface area contributed by atoms with Gasteiger partial charge in [0.05, 0.1) is 0 Å². The molecule has 0 bridgehead atoms. The summed E-state index contributed by atoms with van der Waals surface area (Å²) in [6, 6.07) is 0. The molecular formula is C45H91. The molecule has 0 aliphatic rings. The molecule has 0 heterocycles. The van der Waals surface area contributed by atoms with Crippen LogP contribution in [0.15, 0.2) is 0 Å². The van der Waals surface area contributed by atoms with Crippen molar-refractivity contribution in [2.75, 3.05) is 0 Å². The Kier molecular flexibility index (Phi) is 42.0. The van der Waals surface area contributed by atoms with Gasteiger partial charge in [-0.1, -0.05) is 284 Å². The van der Waals surface area contributed by atoms with Crippen LogP contribution in [-0.2, 0) is 0 Å². The molecule has 0 saturated carbocycles. The average molecular weight is 632 g/mol. The molecule has 1 radical (unpaired) electrons. The third kappa shape index (κ3) is 40.1. The van der Waals surface area contributed by atoms with E-state index in [9.17, 15) is 0 Å². The Morgan fingerprint density at radius 3 is 0.600 bits per heavy atom. The summed E-state index contributed by atoms with van der Waals surface area (Å²) in [5.74, 6) is 0.967. The first-order valence-corrected chi connectivity index (χ1v) is 22.1. The van der Waals surface area contributed by atoms with Gasteiger partial charge in [0.1, 0.15) is 0 Å². The molecule has 0 aromatic rings. The summed E-state index contributed by atoms with van der Waals surface area (Å²) >= 11 is 0. The predicted octanol–water partition coefficient (Wildman–Crippen LogP) is 17.5. The molecule has 0 N–H and O–H groups in total. The molecule has 0 saturated heterocycles. The monoisotopic (exact) mass is 632 g/mol. The van der Waals surface area contributed by atoms with Crippen molar-refractivity contribution < 1.29 is 0 Å². The third-order valence-electron chi connectivity index (χ3n) is 10.8. The topological polar surface area (TPSA) is 0 Å². The molecule has 45 heavy (non-hydrogen) atoms. The molecule has 0 aliphatic carbocycles. The van der Waals surface area contributed by atoms with Crippen molar-refractivity contribution >= 4 is 0 Å². The largest absolute Gasteiger partial charge is 0.0654 e. The maximum Gasteiger partial charge on any atom is -0.0414 e. The van der Waals surface area contributed by atoms with E-state index in [0.29, 0.717) is 0 Å². The molecule has 271 valence electrons. The minimum absolute atomic E-state index is 0.967. The summed E-state index contributed by atoms with van der Waals surface area (Å²) < 4.78 is 0. The third-order valence-corrected chi connectivity index (χ3v) is 10.8. The Morgan fingerprint density at radius 1 is 0.244 bits per heavy atom. The SMILES string of the molecule is [CH2]CCC(CCCCCCCCCCCCCCCCC)CCCCCCCCCCCCCCCCCCCCCCCC. The van der Waals surface area contributed by atoms with Gasteiger partial charge in [0.25, 0.3) is 0 Å². The zero-order valence-corrected chi connectivity index (χ0v) is 32.3. The Balaban J connectivity index is 3.32. The van der Waals surface area contributed by atoms with Crippen LogP contribution in [0.1, 0.15) is 277 Å². The Hall–Kier alpha value is 0. The number of rotatable bonds is 41. The fourth-order valence-corrected chi connectivity index (χ4v) is 7.57. The van der Waals surface area contributed by atoms with Gasteiger partial charge in [-0.3, -0.25) is 0 Å². The minimum Gasteiger partial charge on any atom is -0.0654 e. The van der Waals surface area contributed by atoms with Crippen molar-refractivity contribution in [2.24, 2.45) is 5.92 Å². The smallest absolute Gasteiger partial charge is 0.0414 e. The molecule has 1 atom stereocenters. The lowest BCUT2D eigenvalue weighted by Gasteiger charge is -2.16. The van der Waals surface area contributed by atoms with Gasteiger partial charge in [-0.25, -0.2) is 0 Å². The van der Waals surface area contributed by atoms with Gasteiger partial charge < -0.3 is 0 Å². The van der Waals surface area contributed by atoms with E-state index in [2.05, 4.69) is 20.8 Å². The lowest BCUT2D eigenvalue weighted by molar-refractivity contribution is 0.381. The van der Waals surface area contributed by atoms with Crippen LogP contribution < -0.4 is 0 Å². The quantitative estimate of drug-likeness (QED) is 0.0589. The highest BCUT2D eigenvalue weighted by molar-refractivity contribution is 4.62. The van der Waals surface area contributed by atoms with Crippen LogP contribution in [0.5, 0.6) is 0 Å². The number of hydrogen-bond acceptors (Lipinski definition) is 0. The van der Waals surface area contributed by atoms with Crippen molar-refractivity contribution in [1.82, 2.24) is 0 Å². The van der Waals surface area contributed by atoms with Gasteiger partial charge in [0.15, 0.2) is 0 Å². The maximum absolute atomic E-state index is 4.19. The second kappa shape index (κ2) is 42.0. The van der Waals surface area contributed by atoms with Gasteiger partial charge in [-0.2, -0.15) is 0 Å². The molecular weight excluding hydrogens is 540 g/mol. The van der Waals surface area contributed by atoms with Gasteiger partial charge in [-0.15, -0.1) is 0 Å². The van der Waals surface area contributed by atoms with Gasteiger partial charge >= 0.3 is 0 Å². The van der Waals surface area contributed by atoms with Crippen LogP contribution >= 0.6 is 0 Å². The minimum atomic E-state index is 0.967. The fraction of sp³-hybridized carbons (Fsp3) is 0.978. The van der Waals surface area contributed by atoms with E-state index < -0.39 is 0 Å². The summed E-state index contributed by atoms with van der Waals surface area (Å²) in [7, 11) is 0. The molecule has 0 aliphatic heterocycles. The van der Waals surface area contributed by atoms with Crippen LogP contribution in [0.3, 0.4) is 0 Å². The van der Waals surface area contributed by atoms with E-state index >= 15 is 0 Å². The first-order valence-electron chi connectivity index (χ1n) is 22.1. The van der Waals surface area contributed by atoms with Crippen molar-refractivity contribution in [2.45, 2.75) is 277 Å². The molecule has 0 aromatic heterocycles. The maximum atomic E-state index is 4.19. The molecule has 0 spiro atoms. The van der Waals surface area contributed by atoms with E-state index in [-0.39, 0.29) is 0 Å². The lowest BCUT2D eigenvalue weighted by atomic mass is 9.90. The predicted molar refractivity (Wildman–Crippen MR) is 209 cm³/mol. The zero-order valence-electron chi connectivity index (χ0n) is 32.3. The van der Waals surface area contributed by atoms with Gasteiger partial charge in [0.2, 0.25) is 0 Å². The van der Waals surface area contributed by atoms with E-state index in [1.165, 1.54) is 257 Å². The molecule has 0 amide bonds. The van der Waals surface area contributed by atoms with E-state index in [4.69, 9.17) is 0 Å². The fourth-order valence-electron chi connectivity index (χ4n) is 7.57. The zero-order chi connectivity index (χ0) is 32.6. The standard InChI is InChI=1S/C45H91/c1-4-7-9-11-13-15-17-19-21-22-23-24-25-26-27-29-31-33-35-37-39-41-44-45(42-6-3)43-40-38-36-34-32-30-28-20-18-16-14-12-10-8-5-2/h45H,3-44H2,1-2H3. The summed E-state index contributed by atoms with van der Waals surface area (Å²) in [4.78, 5) is 0. The molecule has 1 unspecified atom stereocenters. The van der Waals surface area contributed by atoms with Crippen LogP contribution in [-0.4, -0.2) is 0 Å². The highest BCUT2D eigenvalue weighted by Crippen LogP contribution is 2.24. The van der Waals surface area contributed by atoms with Gasteiger partial charge in [-0.05, 0) is 5.92 Å². The van der Waals surface area contributed by atoms with E-state index in [1.807, 2.05) is 0 Å². The Labute approximate surface area is 289 Å². The first-order chi connectivity index (χ1) is 22.3. The van der Waals surface area contributed by atoms with E-state index in [1.54, 1.807) is 0 Å². The van der Waals surface area contributed by atoms with Crippen LogP contribution in [0.25, 0.3) is 0 Å². The number of unbranched alkanes of at least 4 members (excludes halogenated alkanes) is 35. The average Bonchev–Trinajstić information content (AvgIpc) is 3.05. The normalized spacial score (nSPS) is 12.3. The summed E-state index contributed by atoms with van der Waals surface area (Å²) in [6.45, 7) is 8.81. The highest BCUT2D eigenvalue weighted by Gasteiger charge is 2.07. The van der Waals surface area contributed by atoms with Crippen LogP contribution in [0.2, 0.25) is 0 Å². The molecule has 0 fully saturated rings. The second-order valence-electron chi connectivity index (χ2n) is 15.5. The van der Waals surface area contributed by atoms with Crippen molar-refractivity contribution in [1.29, 1.82) is 0 Å². The molecule has 0 aromatic carbocycles. The van der Waals surface area contributed by atoms with Crippen molar-refractivity contribution in [3.05, 3.63) is 6.92 Å². The Bertz CT molecular complexity index is 480. The molecule has 0 rings (SSSR count). The van der Waals surface area contributed by atoms with Gasteiger partial charge in [0, 0.05) is 0 Å². The van der Waals surface area contributed by atoms with E-state index in [0.717, 1.165) is 12.3 Å². The summed E-state index contributed by atoms with van der Waals surface area (Å²) in [6.07, 6.45) is 60.1. The second-order valence-corrected chi connectivity index (χ2v) is 15.5. The summed E-state index contributed by atoms with van der Waals surface area (Å²) in [5.41, 5.74) is 0. The molecule has 0 heteroatoms. The highest BCUT2D eigenvalue weighted by atomic mass is 14.1. The Morgan fingerprint density at radius 2 is 0.422 bits per heavy atom. The van der Waals surface area contributed by atoms with Crippen molar-refractivity contribution in [3.8, 4) is 0 Å². The van der Waals surface area contributed by atoms with Crippen molar-refractivity contribution in [3.63, 3.8) is 0 Å². The first kappa shape index (κ1) is 45.0. The van der Waals surface area contributed by atoms with Crippen LogP contribution in [0.4, 0.5) is 0 Å².